The van der Waals surface area contributed by atoms with Crippen LogP contribution in [0.3, 0.4) is 0 Å². The fourth-order valence-corrected chi connectivity index (χ4v) is 3.16. The molecule has 1 heterocycles. The molecule has 0 saturated carbocycles. The van der Waals surface area contributed by atoms with E-state index in [0.29, 0.717) is 6.04 Å². The summed E-state index contributed by atoms with van der Waals surface area (Å²) in [5.41, 5.74) is 1.37. The van der Waals surface area contributed by atoms with Crippen molar-refractivity contribution in [1.29, 1.82) is 0 Å². The van der Waals surface area contributed by atoms with Crippen molar-refractivity contribution >= 4 is 10.8 Å². The van der Waals surface area contributed by atoms with Crippen molar-refractivity contribution in [3.8, 4) is 5.75 Å². The van der Waals surface area contributed by atoms with E-state index < -0.39 is 0 Å². The number of benzene rings is 2. The van der Waals surface area contributed by atoms with E-state index >= 15 is 0 Å². The molecule has 1 saturated heterocycles. The fraction of sp³-hybridized carbons (Fsp3) is 0.444. The normalized spacial score (nSPS) is 18.5. The molecule has 0 radical (unpaired) electrons. The Morgan fingerprint density at radius 2 is 2.00 bits per heavy atom. The Labute approximate surface area is 126 Å². The number of hydrogen-bond acceptors (Lipinski definition) is 3. The zero-order valence-corrected chi connectivity index (χ0v) is 12.9. The highest BCUT2D eigenvalue weighted by Gasteiger charge is 2.15. The molecule has 2 aromatic rings. The van der Waals surface area contributed by atoms with Crippen molar-refractivity contribution in [2.75, 3.05) is 27.2 Å². The molecule has 0 spiro atoms. The first-order valence-corrected chi connectivity index (χ1v) is 7.73. The van der Waals surface area contributed by atoms with E-state index in [0.717, 1.165) is 18.8 Å². The fourth-order valence-electron chi connectivity index (χ4n) is 3.16. The molecule has 3 heteroatoms. The minimum atomic E-state index is 0.666. The third kappa shape index (κ3) is 3.55. The lowest BCUT2D eigenvalue weighted by molar-refractivity contribution is 0.293. The summed E-state index contributed by atoms with van der Waals surface area (Å²) in [7, 11) is 3.92. The van der Waals surface area contributed by atoms with Gasteiger partial charge in [0.2, 0.25) is 0 Å². The van der Waals surface area contributed by atoms with Crippen LogP contribution < -0.4 is 10.1 Å². The number of hydrogen-bond donors (Lipinski definition) is 1. The van der Waals surface area contributed by atoms with Crippen LogP contribution >= 0.6 is 0 Å². The van der Waals surface area contributed by atoms with Gasteiger partial charge in [-0.05, 0) is 61.0 Å². The lowest BCUT2D eigenvalue weighted by Gasteiger charge is -2.21. The van der Waals surface area contributed by atoms with Crippen molar-refractivity contribution in [2.45, 2.75) is 25.4 Å². The Balaban J connectivity index is 1.68. The quantitative estimate of drug-likeness (QED) is 0.913. The summed E-state index contributed by atoms with van der Waals surface area (Å²) >= 11 is 0. The first-order chi connectivity index (χ1) is 10.2. The highest BCUT2D eigenvalue weighted by atomic mass is 16.5. The molecule has 21 heavy (non-hydrogen) atoms. The Hall–Kier alpha value is -1.58. The summed E-state index contributed by atoms with van der Waals surface area (Å²) < 4.78 is 5.28. The van der Waals surface area contributed by atoms with Crippen LogP contribution in [0, 0.1) is 0 Å². The summed E-state index contributed by atoms with van der Waals surface area (Å²) in [5, 5.41) is 6.07. The van der Waals surface area contributed by atoms with E-state index in [2.05, 4.69) is 47.6 Å². The van der Waals surface area contributed by atoms with Gasteiger partial charge in [0.15, 0.2) is 0 Å². The van der Waals surface area contributed by atoms with Gasteiger partial charge in [0, 0.05) is 19.1 Å². The number of fused-ring (bicyclic) bond motifs is 1. The van der Waals surface area contributed by atoms with E-state index in [-0.39, 0.29) is 0 Å². The molecule has 1 fully saturated rings. The third-order valence-electron chi connectivity index (χ3n) is 4.26. The Morgan fingerprint density at radius 3 is 2.76 bits per heavy atom. The number of methoxy groups -OCH3 is 1. The van der Waals surface area contributed by atoms with Gasteiger partial charge in [0.05, 0.1) is 7.11 Å². The largest absolute Gasteiger partial charge is 0.497 e. The summed E-state index contributed by atoms with van der Waals surface area (Å²) in [5.74, 6) is 0.916. The SMILES string of the molecule is COc1ccc2cc(CN(C)CC3CCCN3)ccc2c1. The van der Waals surface area contributed by atoms with Crippen molar-refractivity contribution in [3.05, 3.63) is 42.0 Å². The second kappa shape index (κ2) is 6.46. The maximum atomic E-state index is 5.28. The van der Waals surface area contributed by atoms with Crippen molar-refractivity contribution in [1.82, 2.24) is 10.2 Å². The van der Waals surface area contributed by atoms with Gasteiger partial charge >= 0.3 is 0 Å². The predicted molar refractivity (Wildman–Crippen MR) is 87.9 cm³/mol. The topological polar surface area (TPSA) is 24.5 Å². The second-order valence-corrected chi connectivity index (χ2v) is 6.04. The van der Waals surface area contributed by atoms with Crippen LogP contribution in [0.2, 0.25) is 0 Å². The molecule has 0 aliphatic carbocycles. The highest BCUT2D eigenvalue weighted by Crippen LogP contribution is 2.22. The van der Waals surface area contributed by atoms with Crippen molar-refractivity contribution < 1.29 is 4.74 Å². The predicted octanol–water partition coefficient (Wildman–Crippen LogP) is 3.03. The molecule has 1 unspecified atom stereocenters. The molecule has 1 aliphatic heterocycles. The maximum Gasteiger partial charge on any atom is 0.119 e. The van der Waals surface area contributed by atoms with Crippen LogP contribution in [0.15, 0.2) is 36.4 Å². The van der Waals surface area contributed by atoms with Gasteiger partial charge in [-0.3, -0.25) is 0 Å². The number of nitrogens with zero attached hydrogens (tertiary/aromatic N) is 1. The van der Waals surface area contributed by atoms with Crippen LogP contribution in [0.1, 0.15) is 18.4 Å². The van der Waals surface area contributed by atoms with Gasteiger partial charge in [-0.25, -0.2) is 0 Å². The highest BCUT2D eigenvalue weighted by molar-refractivity contribution is 5.84. The van der Waals surface area contributed by atoms with Gasteiger partial charge in [-0.1, -0.05) is 18.2 Å². The van der Waals surface area contributed by atoms with Gasteiger partial charge in [0.1, 0.15) is 5.75 Å². The zero-order chi connectivity index (χ0) is 14.7. The average molecular weight is 284 g/mol. The number of likely N-dealkylation sites (N-methyl/N-ethyl adjacent to an activating group) is 1. The van der Waals surface area contributed by atoms with E-state index in [9.17, 15) is 0 Å². The summed E-state index contributed by atoms with van der Waals surface area (Å²) in [4.78, 5) is 2.41. The Morgan fingerprint density at radius 1 is 1.19 bits per heavy atom. The van der Waals surface area contributed by atoms with E-state index in [1.807, 2.05) is 6.07 Å². The van der Waals surface area contributed by atoms with E-state index in [1.165, 1.54) is 35.7 Å². The minimum absolute atomic E-state index is 0.666. The molecule has 1 aliphatic rings. The summed E-state index contributed by atoms with van der Waals surface area (Å²) in [6, 6.07) is 13.6. The van der Waals surface area contributed by atoms with Gasteiger partial charge < -0.3 is 15.0 Å². The maximum absolute atomic E-state index is 5.28. The van der Waals surface area contributed by atoms with Crippen molar-refractivity contribution in [2.24, 2.45) is 0 Å². The average Bonchev–Trinajstić information content (AvgIpc) is 2.99. The Kier molecular flexibility index (Phi) is 4.42. The van der Waals surface area contributed by atoms with Crippen LogP contribution in [-0.4, -0.2) is 38.2 Å². The monoisotopic (exact) mass is 284 g/mol. The molecular formula is C18H24N2O. The van der Waals surface area contributed by atoms with E-state index in [1.54, 1.807) is 7.11 Å². The minimum Gasteiger partial charge on any atom is -0.497 e. The molecular weight excluding hydrogens is 260 g/mol. The molecule has 3 nitrogen and oxygen atoms in total. The third-order valence-corrected chi connectivity index (χ3v) is 4.26. The Bertz CT molecular complexity index is 605. The standard InChI is InChI=1S/C18H24N2O/c1-20(13-17-4-3-9-19-17)12-14-5-6-16-11-18(21-2)8-7-15(16)10-14/h5-8,10-11,17,19H,3-4,9,12-13H2,1-2H3. The number of ether oxygens (including phenoxy) is 1. The smallest absolute Gasteiger partial charge is 0.119 e. The number of rotatable bonds is 5. The van der Waals surface area contributed by atoms with Crippen LogP contribution in [0.4, 0.5) is 0 Å². The molecule has 2 aromatic carbocycles. The lowest BCUT2D eigenvalue weighted by Crippen LogP contribution is -2.34. The van der Waals surface area contributed by atoms with Gasteiger partial charge in [-0.15, -0.1) is 0 Å². The molecule has 0 amide bonds. The summed E-state index contributed by atoms with van der Waals surface area (Å²) in [6.07, 6.45) is 2.62. The molecule has 112 valence electrons. The molecule has 1 atom stereocenters. The number of nitrogens with one attached hydrogen (secondary N) is 1. The summed E-state index contributed by atoms with van der Waals surface area (Å²) in [6.45, 7) is 3.30. The van der Waals surface area contributed by atoms with Crippen LogP contribution in [0.25, 0.3) is 10.8 Å². The molecule has 3 rings (SSSR count). The lowest BCUT2D eigenvalue weighted by atomic mass is 10.1. The molecule has 1 N–H and O–H groups in total. The van der Waals surface area contributed by atoms with Gasteiger partial charge in [-0.2, -0.15) is 0 Å². The molecule has 0 bridgehead atoms. The zero-order valence-electron chi connectivity index (χ0n) is 12.9. The first-order valence-electron chi connectivity index (χ1n) is 7.73. The van der Waals surface area contributed by atoms with Crippen LogP contribution in [0.5, 0.6) is 5.75 Å². The first kappa shape index (κ1) is 14.4. The second-order valence-electron chi connectivity index (χ2n) is 6.04. The molecule has 0 aromatic heterocycles. The van der Waals surface area contributed by atoms with E-state index in [4.69, 9.17) is 4.74 Å². The van der Waals surface area contributed by atoms with Crippen LogP contribution in [-0.2, 0) is 6.54 Å². The van der Waals surface area contributed by atoms with Gasteiger partial charge in [0.25, 0.3) is 0 Å². The van der Waals surface area contributed by atoms with Crippen molar-refractivity contribution in [3.63, 3.8) is 0 Å².